The molecule has 0 bridgehead atoms. The van der Waals surface area contributed by atoms with E-state index in [4.69, 9.17) is 22.1 Å². The Hall–Kier alpha value is -1.46. The third kappa shape index (κ3) is 2.94. The van der Waals surface area contributed by atoms with Crippen molar-refractivity contribution in [2.45, 2.75) is 31.7 Å². The molecule has 0 fully saturated rings. The lowest BCUT2D eigenvalue weighted by atomic mass is 9.88. The first-order valence-corrected chi connectivity index (χ1v) is 6.68. The molecule has 21 heavy (non-hydrogen) atoms. The van der Waals surface area contributed by atoms with E-state index in [2.05, 4.69) is 0 Å². The summed E-state index contributed by atoms with van der Waals surface area (Å²) in [5, 5.41) is 0.566. The monoisotopic (exact) mass is 317 g/mol. The highest BCUT2D eigenvalue weighted by Gasteiger charge is 2.56. The van der Waals surface area contributed by atoms with Gasteiger partial charge >= 0.3 is 6.18 Å². The lowest BCUT2D eigenvalue weighted by molar-refractivity contribution is -0.187. The summed E-state index contributed by atoms with van der Waals surface area (Å²) in [4.78, 5) is 0. The van der Waals surface area contributed by atoms with Crippen molar-refractivity contribution in [2.75, 3.05) is 0 Å². The summed E-state index contributed by atoms with van der Waals surface area (Å²) in [6, 6.07) is 3.19. The number of aryl methyl sites for hydroxylation is 2. The number of allylic oxidation sites excluding steroid dienone is 2. The van der Waals surface area contributed by atoms with Crippen molar-refractivity contribution in [1.29, 1.82) is 0 Å². The third-order valence-corrected chi connectivity index (χ3v) is 4.00. The summed E-state index contributed by atoms with van der Waals surface area (Å²) in [7, 11) is 0. The average molecular weight is 318 g/mol. The zero-order chi connectivity index (χ0) is 15.8. The number of hydrogen-bond acceptors (Lipinski definition) is 2. The Balaban J connectivity index is 2.34. The second kappa shape index (κ2) is 5.39. The Labute approximate surface area is 126 Å². The number of hydrogen-bond donors (Lipinski definition) is 1. The summed E-state index contributed by atoms with van der Waals surface area (Å²) in [5.74, 6) is 0.304. The van der Waals surface area contributed by atoms with Crippen LogP contribution in [-0.2, 0) is 0 Å². The molecule has 0 heterocycles. The lowest BCUT2D eigenvalue weighted by Crippen LogP contribution is -2.62. The number of nitrogens with two attached hydrogens (primary N) is 1. The molecule has 2 unspecified atom stereocenters. The maximum Gasteiger partial charge on any atom is 0.413 e. The number of alkyl halides is 3. The molecular weight excluding hydrogens is 303 g/mol. The fraction of sp³-hybridized carbons (Fsp3) is 0.333. The quantitative estimate of drug-likeness (QED) is 0.891. The fourth-order valence-corrected chi connectivity index (χ4v) is 2.26. The van der Waals surface area contributed by atoms with E-state index in [0.29, 0.717) is 10.8 Å². The lowest BCUT2D eigenvalue weighted by Gasteiger charge is -2.36. The van der Waals surface area contributed by atoms with Gasteiger partial charge in [-0.1, -0.05) is 29.8 Å². The maximum absolute atomic E-state index is 13.2. The van der Waals surface area contributed by atoms with Crippen LogP contribution in [0.25, 0.3) is 0 Å². The van der Waals surface area contributed by atoms with E-state index in [-0.39, 0.29) is 0 Å². The Morgan fingerprint density at radius 1 is 1.19 bits per heavy atom. The van der Waals surface area contributed by atoms with Crippen molar-refractivity contribution in [2.24, 2.45) is 5.73 Å². The highest BCUT2D eigenvalue weighted by Crippen LogP contribution is 2.37. The molecule has 0 aromatic heterocycles. The van der Waals surface area contributed by atoms with Crippen LogP contribution < -0.4 is 10.5 Å². The largest absolute Gasteiger partial charge is 0.484 e. The Bertz CT molecular complexity index is 586. The standard InChI is InChI=1S/C15H15ClF3NO/c1-9-7-11(8-10(2)13(9)16)21-12-5-3-4-6-14(12,20)15(17,18)19/h3-8,12H,20H2,1-2H3. The molecule has 2 rings (SSSR count). The van der Waals surface area contributed by atoms with Crippen molar-refractivity contribution in [3.63, 3.8) is 0 Å². The topological polar surface area (TPSA) is 35.2 Å². The average Bonchev–Trinajstić information content (AvgIpc) is 2.37. The minimum absolute atomic E-state index is 0.304. The van der Waals surface area contributed by atoms with Crippen LogP contribution in [0.3, 0.4) is 0 Å². The third-order valence-electron chi connectivity index (χ3n) is 3.40. The highest BCUT2D eigenvalue weighted by atomic mass is 35.5. The molecule has 0 saturated heterocycles. The summed E-state index contributed by atoms with van der Waals surface area (Å²) in [6.07, 6.45) is -0.985. The van der Waals surface area contributed by atoms with Crippen molar-refractivity contribution in [1.82, 2.24) is 0 Å². The molecule has 1 aliphatic rings. The van der Waals surface area contributed by atoms with Crippen LogP contribution in [-0.4, -0.2) is 17.8 Å². The van der Waals surface area contributed by atoms with Crippen LogP contribution in [0.4, 0.5) is 13.2 Å². The molecule has 1 aliphatic carbocycles. The second-order valence-electron chi connectivity index (χ2n) is 5.08. The van der Waals surface area contributed by atoms with Gasteiger partial charge in [0, 0.05) is 5.02 Å². The molecule has 0 amide bonds. The molecule has 2 nitrogen and oxygen atoms in total. The van der Waals surface area contributed by atoms with E-state index in [1.165, 1.54) is 18.2 Å². The molecule has 1 aromatic carbocycles. The van der Waals surface area contributed by atoms with Crippen LogP contribution >= 0.6 is 11.6 Å². The Morgan fingerprint density at radius 3 is 2.29 bits per heavy atom. The van der Waals surface area contributed by atoms with Gasteiger partial charge in [0.1, 0.15) is 11.9 Å². The second-order valence-corrected chi connectivity index (χ2v) is 5.46. The van der Waals surface area contributed by atoms with Gasteiger partial charge in [-0.15, -0.1) is 0 Å². The van der Waals surface area contributed by atoms with E-state index < -0.39 is 17.8 Å². The molecular formula is C15H15ClF3NO. The SMILES string of the molecule is Cc1cc(OC2C=CC=CC2(N)C(F)(F)F)cc(C)c1Cl. The van der Waals surface area contributed by atoms with Gasteiger partial charge in [0.05, 0.1) is 0 Å². The van der Waals surface area contributed by atoms with E-state index >= 15 is 0 Å². The summed E-state index contributed by atoms with van der Waals surface area (Å²) in [6.45, 7) is 3.52. The van der Waals surface area contributed by atoms with Crippen molar-refractivity contribution >= 4 is 11.6 Å². The molecule has 114 valence electrons. The van der Waals surface area contributed by atoms with Gasteiger partial charge in [0.25, 0.3) is 0 Å². The van der Waals surface area contributed by atoms with Crippen LogP contribution in [0.15, 0.2) is 36.4 Å². The Kier molecular flexibility index (Phi) is 4.08. The summed E-state index contributed by atoms with van der Waals surface area (Å²) >= 11 is 6.04. The van der Waals surface area contributed by atoms with E-state index in [0.717, 1.165) is 17.2 Å². The van der Waals surface area contributed by atoms with E-state index in [9.17, 15) is 13.2 Å². The predicted molar refractivity (Wildman–Crippen MR) is 76.6 cm³/mol. The number of benzene rings is 1. The van der Waals surface area contributed by atoms with Gasteiger partial charge in [0.15, 0.2) is 5.54 Å². The predicted octanol–water partition coefficient (Wildman–Crippen LogP) is 4.09. The number of halogens is 4. The Morgan fingerprint density at radius 2 is 1.76 bits per heavy atom. The first-order valence-electron chi connectivity index (χ1n) is 6.30. The molecule has 0 saturated carbocycles. The molecule has 2 atom stereocenters. The van der Waals surface area contributed by atoms with Gasteiger partial charge in [0.2, 0.25) is 0 Å². The molecule has 0 radical (unpaired) electrons. The van der Waals surface area contributed by atoms with E-state index in [1.807, 2.05) is 0 Å². The minimum Gasteiger partial charge on any atom is -0.484 e. The number of rotatable bonds is 2. The highest BCUT2D eigenvalue weighted by molar-refractivity contribution is 6.32. The smallest absolute Gasteiger partial charge is 0.413 e. The normalized spacial score (nSPS) is 25.2. The van der Waals surface area contributed by atoms with Crippen molar-refractivity contribution < 1.29 is 17.9 Å². The molecule has 1 aromatic rings. The zero-order valence-electron chi connectivity index (χ0n) is 11.5. The van der Waals surface area contributed by atoms with Crippen LogP contribution in [0.5, 0.6) is 5.75 Å². The summed E-state index contributed by atoms with van der Waals surface area (Å²) in [5.41, 5.74) is 4.43. The van der Waals surface area contributed by atoms with Gasteiger partial charge < -0.3 is 10.5 Å². The van der Waals surface area contributed by atoms with Gasteiger partial charge in [-0.3, -0.25) is 0 Å². The van der Waals surface area contributed by atoms with Crippen LogP contribution in [0.1, 0.15) is 11.1 Å². The molecule has 6 heteroatoms. The first-order chi connectivity index (χ1) is 9.65. The first kappa shape index (κ1) is 15.9. The van der Waals surface area contributed by atoms with Crippen LogP contribution in [0, 0.1) is 13.8 Å². The maximum atomic E-state index is 13.2. The zero-order valence-corrected chi connectivity index (χ0v) is 12.3. The molecule has 0 aliphatic heterocycles. The molecule has 2 N–H and O–H groups in total. The van der Waals surface area contributed by atoms with Crippen LogP contribution in [0.2, 0.25) is 5.02 Å². The van der Waals surface area contributed by atoms with Gasteiger partial charge in [-0.05, 0) is 43.2 Å². The van der Waals surface area contributed by atoms with Crippen molar-refractivity contribution in [3.05, 3.63) is 52.6 Å². The fourth-order valence-electron chi connectivity index (χ4n) is 2.15. The minimum atomic E-state index is -4.62. The number of ether oxygens (including phenoxy) is 1. The summed E-state index contributed by atoms with van der Waals surface area (Å²) < 4.78 is 45.0. The van der Waals surface area contributed by atoms with Crippen molar-refractivity contribution in [3.8, 4) is 5.75 Å². The van der Waals surface area contributed by atoms with E-state index in [1.54, 1.807) is 26.0 Å². The van der Waals surface area contributed by atoms with Gasteiger partial charge in [-0.2, -0.15) is 13.2 Å². The molecule has 0 spiro atoms. The van der Waals surface area contributed by atoms with Gasteiger partial charge in [-0.25, -0.2) is 0 Å².